The van der Waals surface area contributed by atoms with Crippen LogP contribution < -0.4 is 5.32 Å². The highest BCUT2D eigenvalue weighted by molar-refractivity contribution is 5.56. The van der Waals surface area contributed by atoms with Gasteiger partial charge in [0.15, 0.2) is 0 Å². The molecule has 1 aliphatic carbocycles. The molecular weight excluding hydrogens is 351 g/mol. The molecule has 0 atom stereocenters. The van der Waals surface area contributed by atoms with Crippen LogP contribution in [0.25, 0.3) is 0 Å². The van der Waals surface area contributed by atoms with Crippen LogP contribution in [-0.2, 0) is 6.18 Å². The van der Waals surface area contributed by atoms with Gasteiger partial charge in [-0.2, -0.15) is 13.2 Å². The second kappa shape index (κ2) is 8.28. The summed E-state index contributed by atoms with van der Waals surface area (Å²) < 4.78 is 38.6. The maximum absolute atomic E-state index is 12.9. The summed E-state index contributed by atoms with van der Waals surface area (Å²) in [6.07, 6.45) is 3.95. The van der Waals surface area contributed by atoms with E-state index in [9.17, 15) is 13.2 Å². The average molecular weight is 377 g/mol. The van der Waals surface area contributed by atoms with E-state index in [1.807, 2.05) is 19.1 Å². The number of nitrogens with one attached hydrogen (secondary N) is 1. The molecule has 1 N–H and O–H groups in total. The van der Waals surface area contributed by atoms with Crippen LogP contribution in [0.15, 0.2) is 30.5 Å². The Labute approximate surface area is 158 Å². The molecule has 0 spiro atoms. The van der Waals surface area contributed by atoms with Gasteiger partial charge >= 0.3 is 6.18 Å². The lowest BCUT2D eigenvalue weighted by Gasteiger charge is -2.24. The summed E-state index contributed by atoms with van der Waals surface area (Å²) in [6, 6.07) is 7.01. The average Bonchev–Trinajstić information content (AvgIpc) is 2.57. The van der Waals surface area contributed by atoms with Crippen molar-refractivity contribution in [3.8, 4) is 0 Å². The molecule has 146 valence electrons. The van der Waals surface area contributed by atoms with E-state index in [1.165, 1.54) is 31.2 Å². The van der Waals surface area contributed by atoms with E-state index in [0.717, 1.165) is 42.3 Å². The standard InChI is InChI=1S/C21H26F3N3/c1-14-5-3-7-16(8-4-6-14)17-11-15(2)12-18(13-17)26-20-25-10-9-19(27-20)21(22,23)24/h9-14,16H,3-8H2,1-2H3,(H,25,26,27). The topological polar surface area (TPSA) is 37.8 Å². The number of nitrogens with zero attached hydrogens (tertiary/aromatic N) is 2. The third kappa shape index (κ3) is 5.44. The van der Waals surface area contributed by atoms with E-state index in [-0.39, 0.29) is 5.95 Å². The Morgan fingerprint density at radius 3 is 2.41 bits per heavy atom. The first-order valence-corrected chi connectivity index (χ1v) is 9.60. The van der Waals surface area contributed by atoms with E-state index in [0.29, 0.717) is 5.92 Å². The van der Waals surface area contributed by atoms with Gasteiger partial charge in [0, 0.05) is 11.9 Å². The maximum atomic E-state index is 12.9. The minimum Gasteiger partial charge on any atom is -0.324 e. The zero-order valence-electron chi connectivity index (χ0n) is 15.8. The van der Waals surface area contributed by atoms with Gasteiger partial charge < -0.3 is 5.32 Å². The molecule has 0 unspecified atom stereocenters. The van der Waals surface area contributed by atoms with Crippen LogP contribution in [0.5, 0.6) is 0 Å². The third-order valence-electron chi connectivity index (χ3n) is 5.27. The lowest BCUT2D eigenvalue weighted by molar-refractivity contribution is -0.141. The van der Waals surface area contributed by atoms with E-state index in [1.54, 1.807) is 0 Å². The van der Waals surface area contributed by atoms with Crippen LogP contribution in [0.3, 0.4) is 0 Å². The fourth-order valence-corrected chi connectivity index (χ4v) is 3.87. The van der Waals surface area contributed by atoms with Crippen LogP contribution in [0.4, 0.5) is 24.8 Å². The second-order valence-corrected chi connectivity index (χ2v) is 7.68. The number of alkyl halides is 3. The van der Waals surface area contributed by atoms with Crippen molar-refractivity contribution in [1.29, 1.82) is 0 Å². The Morgan fingerprint density at radius 1 is 1.04 bits per heavy atom. The third-order valence-corrected chi connectivity index (χ3v) is 5.27. The van der Waals surface area contributed by atoms with Crippen molar-refractivity contribution >= 4 is 11.6 Å². The molecule has 0 radical (unpaired) electrons. The van der Waals surface area contributed by atoms with Crippen molar-refractivity contribution in [2.45, 2.75) is 64.5 Å². The van der Waals surface area contributed by atoms with Gasteiger partial charge in [-0.25, -0.2) is 9.97 Å². The number of benzene rings is 1. The molecule has 27 heavy (non-hydrogen) atoms. The fourth-order valence-electron chi connectivity index (χ4n) is 3.87. The molecule has 0 bridgehead atoms. The number of hydrogen-bond acceptors (Lipinski definition) is 3. The lowest BCUT2D eigenvalue weighted by atomic mass is 9.82. The summed E-state index contributed by atoms with van der Waals surface area (Å²) in [5.41, 5.74) is 2.12. The summed E-state index contributed by atoms with van der Waals surface area (Å²) in [6.45, 7) is 4.33. The molecule has 1 heterocycles. The van der Waals surface area contributed by atoms with Gasteiger partial charge in [0.2, 0.25) is 5.95 Å². The van der Waals surface area contributed by atoms with E-state index in [4.69, 9.17) is 0 Å². The SMILES string of the molecule is Cc1cc(Nc2nccc(C(F)(F)F)n2)cc(C2CCCC(C)CCC2)c1. The first kappa shape index (κ1) is 19.6. The summed E-state index contributed by atoms with van der Waals surface area (Å²) >= 11 is 0. The predicted molar refractivity (Wildman–Crippen MR) is 101 cm³/mol. The molecule has 1 aliphatic rings. The van der Waals surface area contributed by atoms with Crippen molar-refractivity contribution in [2.24, 2.45) is 5.92 Å². The number of anilines is 2. The number of halogens is 3. The quantitative estimate of drug-likeness (QED) is 0.653. The minimum atomic E-state index is -4.48. The van der Waals surface area contributed by atoms with Gasteiger partial charge in [-0.1, -0.05) is 38.7 Å². The first-order chi connectivity index (χ1) is 12.8. The molecule has 1 fully saturated rings. The summed E-state index contributed by atoms with van der Waals surface area (Å²) in [4.78, 5) is 7.53. The first-order valence-electron chi connectivity index (χ1n) is 9.60. The number of hydrogen-bond donors (Lipinski definition) is 1. The number of aryl methyl sites for hydroxylation is 1. The Balaban J connectivity index is 1.79. The monoisotopic (exact) mass is 377 g/mol. The molecular formula is C21H26F3N3. The largest absolute Gasteiger partial charge is 0.433 e. The normalized spacial score (nSPS) is 21.4. The second-order valence-electron chi connectivity index (χ2n) is 7.68. The highest BCUT2D eigenvalue weighted by atomic mass is 19.4. The van der Waals surface area contributed by atoms with E-state index in [2.05, 4.69) is 28.3 Å². The van der Waals surface area contributed by atoms with Crippen LogP contribution in [0.2, 0.25) is 0 Å². The van der Waals surface area contributed by atoms with Crippen LogP contribution in [-0.4, -0.2) is 9.97 Å². The molecule has 1 aromatic heterocycles. The van der Waals surface area contributed by atoms with Gasteiger partial charge in [-0.05, 0) is 60.9 Å². The summed E-state index contributed by atoms with van der Waals surface area (Å²) in [5, 5.41) is 2.95. The molecule has 3 rings (SSSR count). The molecule has 6 heteroatoms. The fraction of sp³-hybridized carbons (Fsp3) is 0.524. The zero-order valence-corrected chi connectivity index (χ0v) is 15.8. The predicted octanol–water partition coefficient (Wildman–Crippen LogP) is 6.62. The Morgan fingerprint density at radius 2 is 1.74 bits per heavy atom. The highest BCUT2D eigenvalue weighted by Crippen LogP contribution is 2.35. The molecule has 1 aromatic carbocycles. The minimum absolute atomic E-state index is 0.0344. The van der Waals surface area contributed by atoms with Gasteiger partial charge in [0.05, 0.1) is 0 Å². The van der Waals surface area contributed by atoms with Crippen LogP contribution >= 0.6 is 0 Å². The molecule has 0 amide bonds. The van der Waals surface area contributed by atoms with Crippen molar-refractivity contribution in [2.75, 3.05) is 5.32 Å². The Hall–Kier alpha value is -2.11. The molecule has 2 aromatic rings. The zero-order chi connectivity index (χ0) is 19.4. The van der Waals surface area contributed by atoms with Crippen molar-refractivity contribution in [3.63, 3.8) is 0 Å². The number of aromatic nitrogens is 2. The van der Waals surface area contributed by atoms with Gasteiger partial charge in [-0.3, -0.25) is 0 Å². The van der Waals surface area contributed by atoms with E-state index >= 15 is 0 Å². The molecule has 0 saturated heterocycles. The summed E-state index contributed by atoms with van der Waals surface area (Å²) in [7, 11) is 0. The smallest absolute Gasteiger partial charge is 0.324 e. The molecule has 3 nitrogen and oxygen atoms in total. The van der Waals surface area contributed by atoms with Crippen LogP contribution in [0.1, 0.15) is 68.2 Å². The Kier molecular flexibility index (Phi) is 6.02. The lowest BCUT2D eigenvalue weighted by Crippen LogP contribution is -2.10. The van der Waals surface area contributed by atoms with Crippen LogP contribution in [0, 0.1) is 12.8 Å². The van der Waals surface area contributed by atoms with Gasteiger partial charge in [-0.15, -0.1) is 0 Å². The van der Waals surface area contributed by atoms with Gasteiger partial charge in [0.1, 0.15) is 5.69 Å². The summed E-state index contributed by atoms with van der Waals surface area (Å²) in [5.74, 6) is 1.27. The highest BCUT2D eigenvalue weighted by Gasteiger charge is 2.32. The van der Waals surface area contributed by atoms with E-state index < -0.39 is 11.9 Å². The van der Waals surface area contributed by atoms with Gasteiger partial charge in [0.25, 0.3) is 0 Å². The Bertz CT molecular complexity index is 764. The van der Waals surface area contributed by atoms with Crippen molar-refractivity contribution < 1.29 is 13.2 Å². The van der Waals surface area contributed by atoms with Crippen molar-refractivity contribution in [3.05, 3.63) is 47.3 Å². The number of rotatable bonds is 3. The molecule has 0 aliphatic heterocycles. The maximum Gasteiger partial charge on any atom is 0.433 e. The van der Waals surface area contributed by atoms with Crippen molar-refractivity contribution in [1.82, 2.24) is 9.97 Å². The molecule has 1 saturated carbocycles.